The molecule has 0 heterocycles. The van der Waals surface area contributed by atoms with Gasteiger partial charge in [-0.25, -0.2) is 0 Å². The average Bonchev–Trinajstić information content (AvgIpc) is 2.93. The van der Waals surface area contributed by atoms with Crippen LogP contribution in [-0.4, -0.2) is 25.2 Å². The van der Waals surface area contributed by atoms with Crippen molar-refractivity contribution in [1.29, 1.82) is 0 Å². The van der Waals surface area contributed by atoms with E-state index in [0.717, 1.165) is 18.7 Å². The van der Waals surface area contributed by atoms with Gasteiger partial charge in [0.25, 0.3) is 5.91 Å². The van der Waals surface area contributed by atoms with Crippen molar-refractivity contribution >= 4 is 11.6 Å². The summed E-state index contributed by atoms with van der Waals surface area (Å²) in [5, 5.41) is 2.85. The normalized spacial score (nSPS) is 23.5. The second-order valence-corrected chi connectivity index (χ2v) is 5.52. The SMILES string of the molecule is CC(OCC1CCCC1CN)C(=O)Nc1ccccc1. The lowest BCUT2D eigenvalue weighted by Crippen LogP contribution is -2.31. The van der Waals surface area contributed by atoms with E-state index in [1.165, 1.54) is 12.8 Å². The lowest BCUT2D eigenvalue weighted by molar-refractivity contribution is -0.127. The van der Waals surface area contributed by atoms with Gasteiger partial charge in [-0.15, -0.1) is 0 Å². The van der Waals surface area contributed by atoms with Crippen LogP contribution in [0, 0.1) is 11.8 Å². The summed E-state index contributed by atoms with van der Waals surface area (Å²) < 4.78 is 5.72. The van der Waals surface area contributed by atoms with Gasteiger partial charge in [0.2, 0.25) is 0 Å². The molecule has 0 spiro atoms. The summed E-state index contributed by atoms with van der Waals surface area (Å²) in [7, 11) is 0. The van der Waals surface area contributed by atoms with Gasteiger partial charge in [0.1, 0.15) is 6.10 Å². The van der Waals surface area contributed by atoms with E-state index in [2.05, 4.69) is 5.32 Å². The van der Waals surface area contributed by atoms with Crippen LogP contribution in [-0.2, 0) is 9.53 Å². The van der Waals surface area contributed by atoms with Crippen molar-refractivity contribution in [2.45, 2.75) is 32.3 Å². The molecule has 110 valence electrons. The number of para-hydroxylation sites is 1. The summed E-state index contributed by atoms with van der Waals surface area (Å²) in [6, 6.07) is 9.44. The van der Waals surface area contributed by atoms with Crippen LogP contribution < -0.4 is 11.1 Å². The van der Waals surface area contributed by atoms with Crippen LogP contribution in [0.4, 0.5) is 5.69 Å². The quantitative estimate of drug-likeness (QED) is 0.838. The molecule has 4 nitrogen and oxygen atoms in total. The molecule has 0 radical (unpaired) electrons. The van der Waals surface area contributed by atoms with Crippen molar-refractivity contribution in [2.24, 2.45) is 17.6 Å². The third-order valence-corrected chi connectivity index (χ3v) is 4.09. The van der Waals surface area contributed by atoms with Crippen LogP contribution in [0.3, 0.4) is 0 Å². The number of amides is 1. The van der Waals surface area contributed by atoms with Gasteiger partial charge in [-0.05, 0) is 50.3 Å². The molecule has 0 saturated heterocycles. The minimum absolute atomic E-state index is 0.0986. The monoisotopic (exact) mass is 276 g/mol. The van der Waals surface area contributed by atoms with E-state index in [1.54, 1.807) is 6.92 Å². The molecule has 1 fully saturated rings. The number of carbonyl (C=O) groups is 1. The molecule has 1 aromatic carbocycles. The third kappa shape index (κ3) is 4.05. The summed E-state index contributed by atoms with van der Waals surface area (Å²) in [6.07, 6.45) is 3.14. The second kappa shape index (κ2) is 7.41. The fraction of sp³-hybridized carbons (Fsp3) is 0.562. The molecule has 1 aromatic rings. The summed E-state index contributed by atoms with van der Waals surface area (Å²) in [5.41, 5.74) is 6.56. The number of carbonyl (C=O) groups excluding carboxylic acids is 1. The van der Waals surface area contributed by atoms with Crippen molar-refractivity contribution in [3.63, 3.8) is 0 Å². The molecule has 2 rings (SSSR count). The van der Waals surface area contributed by atoms with Crippen LogP contribution in [0.15, 0.2) is 30.3 Å². The molecule has 1 saturated carbocycles. The minimum Gasteiger partial charge on any atom is -0.368 e. The van der Waals surface area contributed by atoms with E-state index < -0.39 is 6.10 Å². The van der Waals surface area contributed by atoms with Gasteiger partial charge in [0, 0.05) is 5.69 Å². The number of nitrogens with one attached hydrogen (secondary N) is 1. The van der Waals surface area contributed by atoms with Crippen LogP contribution >= 0.6 is 0 Å². The lowest BCUT2D eigenvalue weighted by atomic mass is 9.97. The van der Waals surface area contributed by atoms with Crippen molar-refractivity contribution in [3.8, 4) is 0 Å². The molecule has 1 aliphatic carbocycles. The maximum Gasteiger partial charge on any atom is 0.253 e. The highest BCUT2D eigenvalue weighted by Crippen LogP contribution is 2.31. The summed E-state index contributed by atoms with van der Waals surface area (Å²) in [4.78, 5) is 12.0. The van der Waals surface area contributed by atoms with Gasteiger partial charge in [-0.3, -0.25) is 4.79 Å². The average molecular weight is 276 g/mol. The number of hydrogen-bond acceptors (Lipinski definition) is 3. The maximum atomic E-state index is 12.0. The first-order valence-corrected chi connectivity index (χ1v) is 7.38. The van der Waals surface area contributed by atoms with Crippen molar-refractivity contribution in [1.82, 2.24) is 0 Å². The lowest BCUT2D eigenvalue weighted by Gasteiger charge is -2.20. The van der Waals surface area contributed by atoms with E-state index in [0.29, 0.717) is 18.4 Å². The Hall–Kier alpha value is -1.39. The molecule has 4 heteroatoms. The molecular formula is C16H24N2O2. The van der Waals surface area contributed by atoms with Crippen molar-refractivity contribution in [3.05, 3.63) is 30.3 Å². The number of ether oxygens (including phenoxy) is 1. The smallest absolute Gasteiger partial charge is 0.253 e. The van der Waals surface area contributed by atoms with Gasteiger partial charge in [0.15, 0.2) is 0 Å². The van der Waals surface area contributed by atoms with Gasteiger partial charge in [-0.1, -0.05) is 24.6 Å². The maximum absolute atomic E-state index is 12.0. The van der Waals surface area contributed by atoms with Crippen LogP contribution in [0.1, 0.15) is 26.2 Å². The Morgan fingerprint density at radius 3 is 2.75 bits per heavy atom. The molecule has 20 heavy (non-hydrogen) atoms. The van der Waals surface area contributed by atoms with E-state index >= 15 is 0 Å². The highest BCUT2D eigenvalue weighted by Gasteiger charge is 2.27. The van der Waals surface area contributed by atoms with Gasteiger partial charge >= 0.3 is 0 Å². The molecule has 1 amide bonds. The zero-order valence-corrected chi connectivity index (χ0v) is 12.0. The Bertz CT molecular complexity index is 422. The standard InChI is InChI=1S/C16H24N2O2/c1-12(16(19)18-15-8-3-2-4-9-15)20-11-14-7-5-6-13(14)10-17/h2-4,8-9,12-14H,5-7,10-11,17H2,1H3,(H,18,19). The molecule has 1 aliphatic rings. The zero-order valence-electron chi connectivity index (χ0n) is 12.0. The molecule has 3 atom stereocenters. The van der Waals surface area contributed by atoms with E-state index in [-0.39, 0.29) is 5.91 Å². The Morgan fingerprint density at radius 2 is 2.05 bits per heavy atom. The fourth-order valence-corrected chi connectivity index (χ4v) is 2.75. The van der Waals surface area contributed by atoms with Crippen LogP contribution in [0.25, 0.3) is 0 Å². The second-order valence-electron chi connectivity index (χ2n) is 5.52. The number of benzene rings is 1. The van der Waals surface area contributed by atoms with E-state index in [1.807, 2.05) is 30.3 Å². The predicted molar refractivity (Wildman–Crippen MR) is 80.4 cm³/mol. The topological polar surface area (TPSA) is 64.3 Å². The predicted octanol–water partition coefficient (Wildman–Crippen LogP) is 2.41. The van der Waals surface area contributed by atoms with Gasteiger partial charge in [-0.2, -0.15) is 0 Å². The summed E-state index contributed by atoms with van der Waals surface area (Å²) in [5.74, 6) is 0.963. The number of rotatable bonds is 6. The Morgan fingerprint density at radius 1 is 1.35 bits per heavy atom. The Balaban J connectivity index is 1.76. The van der Waals surface area contributed by atoms with Crippen LogP contribution in [0.5, 0.6) is 0 Å². The number of hydrogen-bond donors (Lipinski definition) is 2. The number of anilines is 1. The highest BCUT2D eigenvalue weighted by atomic mass is 16.5. The minimum atomic E-state index is -0.436. The van der Waals surface area contributed by atoms with E-state index in [9.17, 15) is 4.79 Å². The first kappa shape index (κ1) is 15.0. The summed E-state index contributed by atoms with van der Waals surface area (Å²) in [6.45, 7) is 3.15. The Labute approximate surface area is 120 Å². The van der Waals surface area contributed by atoms with Crippen LogP contribution in [0.2, 0.25) is 0 Å². The molecular weight excluding hydrogens is 252 g/mol. The van der Waals surface area contributed by atoms with Crippen molar-refractivity contribution in [2.75, 3.05) is 18.5 Å². The highest BCUT2D eigenvalue weighted by molar-refractivity contribution is 5.93. The largest absolute Gasteiger partial charge is 0.368 e. The molecule has 0 aliphatic heterocycles. The Kier molecular flexibility index (Phi) is 5.56. The molecule has 3 unspecified atom stereocenters. The number of nitrogens with two attached hydrogens (primary N) is 1. The molecule has 3 N–H and O–H groups in total. The van der Waals surface area contributed by atoms with Gasteiger partial charge < -0.3 is 15.8 Å². The fourth-order valence-electron chi connectivity index (χ4n) is 2.75. The first-order chi connectivity index (χ1) is 9.70. The third-order valence-electron chi connectivity index (χ3n) is 4.09. The van der Waals surface area contributed by atoms with E-state index in [4.69, 9.17) is 10.5 Å². The summed E-state index contributed by atoms with van der Waals surface area (Å²) >= 11 is 0. The van der Waals surface area contributed by atoms with Gasteiger partial charge in [0.05, 0.1) is 6.61 Å². The zero-order chi connectivity index (χ0) is 14.4. The molecule has 0 bridgehead atoms. The first-order valence-electron chi connectivity index (χ1n) is 7.38. The van der Waals surface area contributed by atoms with Crippen molar-refractivity contribution < 1.29 is 9.53 Å². The molecule has 0 aromatic heterocycles.